The summed E-state index contributed by atoms with van der Waals surface area (Å²) in [5.41, 5.74) is 4.87. The molecule has 1 aliphatic heterocycles. The van der Waals surface area contributed by atoms with E-state index >= 15 is 0 Å². The van der Waals surface area contributed by atoms with Crippen molar-refractivity contribution in [3.63, 3.8) is 0 Å². The summed E-state index contributed by atoms with van der Waals surface area (Å²) in [5, 5.41) is 15.8. The highest BCUT2D eigenvalue weighted by atomic mass is 35.5. The molecule has 1 atom stereocenters. The summed E-state index contributed by atoms with van der Waals surface area (Å²) in [6.07, 6.45) is 2.54. The van der Waals surface area contributed by atoms with E-state index in [1.54, 1.807) is 12.3 Å². The first-order valence-corrected chi connectivity index (χ1v) is 9.35. The number of aliphatic hydroxyl groups is 1. The monoisotopic (exact) mass is 384 g/mol. The maximum absolute atomic E-state index is 10.4. The molecular formula is C20H17ClN2O2S. The summed E-state index contributed by atoms with van der Waals surface area (Å²) in [6.45, 7) is 4.14. The van der Waals surface area contributed by atoms with Gasteiger partial charge in [-0.15, -0.1) is 0 Å². The van der Waals surface area contributed by atoms with Crippen molar-refractivity contribution in [2.45, 2.75) is 20.1 Å². The van der Waals surface area contributed by atoms with E-state index < -0.39 is 6.29 Å². The fourth-order valence-electron chi connectivity index (χ4n) is 3.00. The van der Waals surface area contributed by atoms with Crippen molar-refractivity contribution in [3.8, 4) is 5.75 Å². The molecule has 0 saturated heterocycles. The van der Waals surface area contributed by atoms with Crippen molar-refractivity contribution in [2.75, 3.05) is 5.32 Å². The van der Waals surface area contributed by atoms with Gasteiger partial charge in [0.05, 0.1) is 16.8 Å². The lowest BCUT2D eigenvalue weighted by Crippen LogP contribution is -2.21. The number of benzene rings is 2. The fourth-order valence-corrected chi connectivity index (χ4v) is 4.09. The van der Waals surface area contributed by atoms with Gasteiger partial charge in [0.25, 0.3) is 0 Å². The van der Waals surface area contributed by atoms with Gasteiger partial charge >= 0.3 is 0 Å². The van der Waals surface area contributed by atoms with Crippen LogP contribution in [0.3, 0.4) is 0 Å². The maximum Gasteiger partial charge on any atom is 0.227 e. The Morgan fingerprint density at radius 2 is 1.96 bits per heavy atom. The zero-order valence-corrected chi connectivity index (χ0v) is 15.9. The lowest BCUT2D eigenvalue weighted by atomic mass is 10.1. The van der Waals surface area contributed by atoms with Gasteiger partial charge in [-0.2, -0.15) is 0 Å². The summed E-state index contributed by atoms with van der Waals surface area (Å²) in [4.78, 5) is 4.44. The number of aryl methyl sites for hydroxylation is 2. The molecule has 0 amide bonds. The molecule has 4 rings (SSSR count). The summed E-state index contributed by atoms with van der Waals surface area (Å²) in [7, 11) is 0. The number of hydrogen-bond donors (Lipinski definition) is 2. The van der Waals surface area contributed by atoms with Gasteiger partial charge in [-0.3, -0.25) is 0 Å². The lowest BCUT2D eigenvalue weighted by Gasteiger charge is -2.22. The second kappa shape index (κ2) is 6.76. The van der Waals surface area contributed by atoms with Gasteiger partial charge in [-0.25, -0.2) is 4.98 Å². The number of aliphatic hydroxyl groups excluding tert-OH is 1. The molecular weight excluding hydrogens is 368 g/mol. The fraction of sp³-hybridized carbons (Fsp3) is 0.150. The molecule has 1 unspecified atom stereocenters. The van der Waals surface area contributed by atoms with Crippen LogP contribution >= 0.6 is 22.9 Å². The number of nitrogens with one attached hydrogen (secondary N) is 1. The first kappa shape index (κ1) is 17.1. The molecule has 0 aliphatic carbocycles. The smallest absolute Gasteiger partial charge is 0.227 e. The molecule has 3 aromatic rings. The maximum atomic E-state index is 10.4. The van der Waals surface area contributed by atoms with Crippen molar-refractivity contribution >= 4 is 45.3 Å². The predicted octanol–water partition coefficient (Wildman–Crippen LogP) is 5.41. The largest absolute Gasteiger partial charge is 0.458 e. The highest BCUT2D eigenvalue weighted by molar-refractivity contribution is 7.16. The van der Waals surface area contributed by atoms with Crippen LogP contribution in [0.2, 0.25) is 5.02 Å². The van der Waals surface area contributed by atoms with E-state index in [1.165, 1.54) is 22.5 Å². The molecule has 4 nitrogen and oxygen atoms in total. The third-order valence-corrected chi connectivity index (χ3v) is 5.31. The standard InChI is InChI=1S/C20H17ClN2O2S/c1-11-6-12(2)8-14(7-11)23-17-10-22-19(26-17)15-9-13-4-3-5-16(21)18(13)25-20(15)24/h3-10,20,23-24H,1-2H3. The zero-order valence-electron chi connectivity index (χ0n) is 14.3. The second-order valence-corrected chi connectivity index (χ2v) is 7.70. The minimum absolute atomic E-state index is 0.480. The van der Waals surface area contributed by atoms with Gasteiger partial charge < -0.3 is 15.2 Å². The molecule has 6 heteroatoms. The zero-order chi connectivity index (χ0) is 18.3. The number of hydrogen-bond acceptors (Lipinski definition) is 5. The molecule has 0 fully saturated rings. The first-order valence-electron chi connectivity index (χ1n) is 8.16. The average molecular weight is 385 g/mol. The Morgan fingerprint density at radius 3 is 2.73 bits per heavy atom. The van der Waals surface area contributed by atoms with E-state index in [0.717, 1.165) is 16.3 Å². The van der Waals surface area contributed by atoms with Gasteiger partial charge in [-0.1, -0.05) is 41.1 Å². The SMILES string of the molecule is Cc1cc(C)cc(Nc2cnc(C3=Cc4cccc(Cl)c4OC3O)s2)c1. The number of anilines is 2. The van der Waals surface area contributed by atoms with Gasteiger partial charge in [0.1, 0.15) is 15.8 Å². The van der Waals surface area contributed by atoms with Crippen LogP contribution in [-0.2, 0) is 0 Å². The molecule has 2 aromatic carbocycles. The van der Waals surface area contributed by atoms with Crippen LogP contribution in [0.4, 0.5) is 10.7 Å². The van der Waals surface area contributed by atoms with E-state index in [1.807, 2.05) is 18.2 Å². The Labute approximate surface area is 160 Å². The lowest BCUT2D eigenvalue weighted by molar-refractivity contribution is 0.0320. The van der Waals surface area contributed by atoms with Crippen LogP contribution in [-0.4, -0.2) is 16.4 Å². The molecule has 132 valence electrons. The van der Waals surface area contributed by atoms with Crippen molar-refractivity contribution in [1.29, 1.82) is 0 Å². The summed E-state index contributed by atoms with van der Waals surface area (Å²) < 4.78 is 5.59. The minimum atomic E-state index is -1.09. The number of rotatable bonds is 3. The van der Waals surface area contributed by atoms with Gasteiger partial charge in [-0.05, 0) is 49.2 Å². The Hall–Kier alpha value is -2.34. The molecule has 0 spiro atoms. The van der Waals surface area contributed by atoms with Crippen LogP contribution < -0.4 is 10.1 Å². The van der Waals surface area contributed by atoms with Crippen molar-refractivity contribution in [3.05, 3.63) is 69.3 Å². The number of ether oxygens (including phenoxy) is 1. The molecule has 0 saturated carbocycles. The van der Waals surface area contributed by atoms with Gasteiger partial charge in [0.2, 0.25) is 6.29 Å². The molecule has 2 N–H and O–H groups in total. The Kier molecular flexibility index (Phi) is 4.44. The number of halogens is 1. The Bertz CT molecular complexity index is 993. The Morgan fingerprint density at radius 1 is 1.19 bits per heavy atom. The van der Waals surface area contributed by atoms with E-state index in [9.17, 15) is 5.11 Å². The quantitative estimate of drug-likeness (QED) is 0.634. The van der Waals surface area contributed by atoms with Crippen LogP contribution in [0.5, 0.6) is 5.75 Å². The normalized spacial score (nSPS) is 15.8. The van der Waals surface area contributed by atoms with Crippen molar-refractivity contribution in [2.24, 2.45) is 0 Å². The van der Waals surface area contributed by atoms with E-state index in [4.69, 9.17) is 16.3 Å². The predicted molar refractivity (Wildman–Crippen MR) is 107 cm³/mol. The molecule has 0 bridgehead atoms. The summed E-state index contributed by atoms with van der Waals surface area (Å²) >= 11 is 7.60. The van der Waals surface area contributed by atoms with Crippen LogP contribution in [0.1, 0.15) is 21.7 Å². The summed E-state index contributed by atoms with van der Waals surface area (Å²) in [5.74, 6) is 0.496. The minimum Gasteiger partial charge on any atom is -0.458 e. The van der Waals surface area contributed by atoms with Crippen molar-refractivity contribution in [1.82, 2.24) is 4.98 Å². The number of aromatic nitrogens is 1. The topological polar surface area (TPSA) is 54.4 Å². The third-order valence-electron chi connectivity index (χ3n) is 4.05. The first-order chi connectivity index (χ1) is 12.5. The van der Waals surface area contributed by atoms with Crippen LogP contribution in [0.15, 0.2) is 42.6 Å². The highest BCUT2D eigenvalue weighted by Gasteiger charge is 2.25. The molecule has 1 aromatic heterocycles. The molecule has 2 heterocycles. The Balaban J connectivity index is 1.63. The molecule has 1 aliphatic rings. The summed E-state index contributed by atoms with van der Waals surface area (Å²) in [6, 6.07) is 11.8. The molecule has 0 radical (unpaired) electrons. The number of thiazole rings is 1. The van der Waals surface area contributed by atoms with E-state index in [2.05, 4.69) is 42.3 Å². The van der Waals surface area contributed by atoms with Crippen molar-refractivity contribution < 1.29 is 9.84 Å². The highest BCUT2D eigenvalue weighted by Crippen LogP contribution is 2.39. The van der Waals surface area contributed by atoms with Crippen LogP contribution in [0, 0.1) is 13.8 Å². The van der Waals surface area contributed by atoms with E-state index in [0.29, 0.717) is 21.4 Å². The van der Waals surface area contributed by atoms with Gasteiger partial charge in [0, 0.05) is 11.3 Å². The van der Waals surface area contributed by atoms with Crippen LogP contribution in [0.25, 0.3) is 11.6 Å². The third kappa shape index (κ3) is 3.33. The number of para-hydroxylation sites is 1. The van der Waals surface area contributed by atoms with Gasteiger partial charge in [0.15, 0.2) is 0 Å². The molecule has 26 heavy (non-hydrogen) atoms. The average Bonchev–Trinajstić information content (AvgIpc) is 3.02. The number of fused-ring (bicyclic) bond motifs is 1. The number of nitrogens with zero attached hydrogens (tertiary/aromatic N) is 1. The second-order valence-electron chi connectivity index (χ2n) is 6.26. The van der Waals surface area contributed by atoms with E-state index in [-0.39, 0.29) is 0 Å².